The number of halogens is 1. The minimum Gasteiger partial charge on any atom is -0.0619 e. The van der Waals surface area contributed by atoms with Crippen LogP contribution in [0.1, 0.15) is 11.1 Å². The molecule has 1 heteroatoms. The SMILES string of the molecule is Brc1cccc(-c2cccc3c2Cc2ccccc2-3)c1. The largest absolute Gasteiger partial charge is 0.0619 e. The van der Waals surface area contributed by atoms with E-state index < -0.39 is 0 Å². The van der Waals surface area contributed by atoms with Crippen molar-refractivity contribution < 1.29 is 0 Å². The third-order valence-electron chi connectivity index (χ3n) is 3.99. The van der Waals surface area contributed by atoms with Gasteiger partial charge in [0.25, 0.3) is 0 Å². The molecule has 0 aliphatic heterocycles. The molecule has 0 spiro atoms. The fourth-order valence-corrected chi connectivity index (χ4v) is 3.48. The highest BCUT2D eigenvalue weighted by atomic mass is 79.9. The van der Waals surface area contributed by atoms with E-state index in [2.05, 4.69) is 82.7 Å². The topological polar surface area (TPSA) is 0 Å². The number of hydrogen-bond acceptors (Lipinski definition) is 0. The molecule has 0 fully saturated rings. The highest BCUT2D eigenvalue weighted by molar-refractivity contribution is 9.10. The zero-order valence-electron chi connectivity index (χ0n) is 10.9. The van der Waals surface area contributed by atoms with Gasteiger partial charge >= 0.3 is 0 Å². The average molecular weight is 321 g/mol. The Morgan fingerprint density at radius 2 is 1.45 bits per heavy atom. The van der Waals surface area contributed by atoms with Crippen molar-refractivity contribution in [1.29, 1.82) is 0 Å². The monoisotopic (exact) mass is 320 g/mol. The van der Waals surface area contributed by atoms with Gasteiger partial charge in [-0.1, -0.05) is 70.5 Å². The van der Waals surface area contributed by atoms with Crippen molar-refractivity contribution >= 4 is 15.9 Å². The summed E-state index contributed by atoms with van der Waals surface area (Å²) in [6, 6.07) is 23.9. The average Bonchev–Trinajstić information content (AvgIpc) is 2.86. The van der Waals surface area contributed by atoms with Gasteiger partial charge in [0.2, 0.25) is 0 Å². The van der Waals surface area contributed by atoms with Crippen molar-refractivity contribution in [3.05, 3.63) is 82.3 Å². The Hall–Kier alpha value is -1.86. The highest BCUT2D eigenvalue weighted by Crippen LogP contribution is 2.41. The van der Waals surface area contributed by atoms with Gasteiger partial charge in [0, 0.05) is 4.47 Å². The first-order chi connectivity index (χ1) is 9.83. The highest BCUT2D eigenvalue weighted by Gasteiger charge is 2.20. The summed E-state index contributed by atoms with van der Waals surface area (Å²) in [6.07, 6.45) is 1.04. The van der Waals surface area contributed by atoms with Gasteiger partial charge in [0.05, 0.1) is 0 Å². The Labute approximate surface area is 127 Å². The van der Waals surface area contributed by atoms with Gasteiger partial charge in [-0.3, -0.25) is 0 Å². The molecule has 0 amide bonds. The molecule has 0 saturated carbocycles. The molecular formula is C19H13Br. The molecule has 3 aromatic rings. The molecular weight excluding hydrogens is 308 g/mol. The van der Waals surface area contributed by atoms with Crippen molar-refractivity contribution in [1.82, 2.24) is 0 Å². The van der Waals surface area contributed by atoms with Crippen LogP contribution in [0.4, 0.5) is 0 Å². The summed E-state index contributed by atoms with van der Waals surface area (Å²) in [5.74, 6) is 0. The van der Waals surface area contributed by atoms with Crippen molar-refractivity contribution in [2.24, 2.45) is 0 Å². The summed E-state index contributed by atoms with van der Waals surface area (Å²) in [4.78, 5) is 0. The molecule has 0 bridgehead atoms. The molecule has 0 radical (unpaired) electrons. The van der Waals surface area contributed by atoms with Crippen LogP contribution in [0.15, 0.2) is 71.2 Å². The van der Waals surface area contributed by atoms with Crippen LogP contribution in [0.3, 0.4) is 0 Å². The Morgan fingerprint density at radius 1 is 0.700 bits per heavy atom. The first kappa shape index (κ1) is 11.9. The fourth-order valence-electron chi connectivity index (χ4n) is 3.08. The van der Waals surface area contributed by atoms with E-state index in [1.165, 1.54) is 33.4 Å². The Morgan fingerprint density at radius 3 is 2.35 bits per heavy atom. The van der Waals surface area contributed by atoms with Crippen molar-refractivity contribution in [2.75, 3.05) is 0 Å². The second-order valence-corrected chi connectivity index (χ2v) is 6.09. The smallest absolute Gasteiger partial charge is 0.0181 e. The number of benzene rings is 3. The van der Waals surface area contributed by atoms with Crippen molar-refractivity contribution in [3.63, 3.8) is 0 Å². The van der Waals surface area contributed by atoms with Gasteiger partial charge in [0.15, 0.2) is 0 Å². The van der Waals surface area contributed by atoms with Gasteiger partial charge in [-0.15, -0.1) is 0 Å². The molecule has 0 saturated heterocycles. The van der Waals surface area contributed by atoms with E-state index in [1.807, 2.05) is 0 Å². The van der Waals surface area contributed by atoms with E-state index in [0.29, 0.717) is 0 Å². The van der Waals surface area contributed by atoms with Crippen LogP contribution < -0.4 is 0 Å². The molecule has 1 aliphatic carbocycles. The lowest BCUT2D eigenvalue weighted by atomic mass is 9.96. The molecule has 0 aromatic heterocycles. The molecule has 0 N–H and O–H groups in total. The lowest BCUT2D eigenvalue weighted by Gasteiger charge is -2.09. The minimum atomic E-state index is 1.04. The molecule has 0 unspecified atom stereocenters. The third-order valence-corrected chi connectivity index (χ3v) is 4.48. The zero-order valence-corrected chi connectivity index (χ0v) is 12.5. The second kappa shape index (κ2) is 4.60. The summed E-state index contributed by atoms with van der Waals surface area (Å²) < 4.78 is 1.13. The van der Waals surface area contributed by atoms with Crippen molar-refractivity contribution in [2.45, 2.75) is 6.42 Å². The number of hydrogen-bond donors (Lipinski definition) is 0. The second-order valence-electron chi connectivity index (χ2n) is 5.18. The molecule has 4 rings (SSSR count). The summed E-state index contributed by atoms with van der Waals surface area (Å²) in [5, 5.41) is 0. The van der Waals surface area contributed by atoms with Gasteiger partial charge < -0.3 is 0 Å². The summed E-state index contributed by atoms with van der Waals surface area (Å²) in [5.41, 5.74) is 8.29. The molecule has 0 heterocycles. The fraction of sp³-hybridized carbons (Fsp3) is 0.0526. The van der Waals surface area contributed by atoms with Crippen LogP contribution in [0.2, 0.25) is 0 Å². The number of fused-ring (bicyclic) bond motifs is 3. The molecule has 96 valence electrons. The minimum absolute atomic E-state index is 1.04. The van der Waals surface area contributed by atoms with Gasteiger partial charge in [-0.25, -0.2) is 0 Å². The lowest BCUT2D eigenvalue weighted by Crippen LogP contribution is -1.87. The van der Waals surface area contributed by atoms with Crippen LogP contribution in [-0.4, -0.2) is 0 Å². The first-order valence-corrected chi connectivity index (χ1v) is 7.58. The lowest BCUT2D eigenvalue weighted by molar-refractivity contribution is 1.26. The van der Waals surface area contributed by atoms with E-state index >= 15 is 0 Å². The molecule has 20 heavy (non-hydrogen) atoms. The van der Waals surface area contributed by atoms with E-state index in [1.54, 1.807) is 0 Å². The van der Waals surface area contributed by atoms with Gasteiger partial charge in [0.1, 0.15) is 0 Å². The zero-order chi connectivity index (χ0) is 13.5. The van der Waals surface area contributed by atoms with Crippen LogP contribution in [0.25, 0.3) is 22.3 Å². The number of rotatable bonds is 1. The first-order valence-electron chi connectivity index (χ1n) is 6.79. The van der Waals surface area contributed by atoms with Crippen molar-refractivity contribution in [3.8, 4) is 22.3 Å². The Bertz CT molecular complexity index is 802. The summed E-state index contributed by atoms with van der Waals surface area (Å²) in [6.45, 7) is 0. The van der Waals surface area contributed by atoms with E-state index in [-0.39, 0.29) is 0 Å². The van der Waals surface area contributed by atoms with Crippen LogP contribution in [-0.2, 0) is 6.42 Å². The Balaban J connectivity index is 1.94. The molecule has 0 nitrogen and oxygen atoms in total. The van der Waals surface area contributed by atoms with Crippen LogP contribution in [0.5, 0.6) is 0 Å². The Kier molecular flexibility index (Phi) is 2.75. The maximum Gasteiger partial charge on any atom is 0.0181 e. The van der Waals surface area contributed by atoms with Crippen LogP contribution in [0, 0.1) is 0 Å². The van der Waals surface area contributed by atoms with E-state index in [9.17, 15) is 0 Å². The molecule has 3 aromatic carbocycles. The standard InChI is InChI=1S/C19H13Br/c20-15-7-3-6-13(11-15)17-9-4-10-18-16-8-2-1-5-14(16)12-19(17)18/h1-11H,12H2. The summed E-state index contributed by atoms with van der Waals surface area (Å²) in [7, 11) is 0. The van der Waals surface area contributed by atoms with Gasteiger partial charge in [-0.05, 0) is 51.9 Å². The van der Waals surface area contributed by atoms with E-state index in [0.717, 1.165) is 10.9 Å². The maximum absolute atomic E-state index is 3.57. The normalized spacial score (nSPS) is 12.1. The maximum atomic E-state index is 3.57. The molecule has 0 atom stereocenters. The summed E-state index contributed by atoms with van der Waals surface area (Å²) >= 11 is 3.57. The quantitative estimate of drug-likeness (QED) is 0.423. The predicted octanol–water partition coefficient (Wildman–Crippen LogP) is 5.69. The third kappa shape index (κ3) is 1.82. The van der Waals surface area contributed by atoms with E-state index in [4.69, 9.17) is 0 Å². The molecule has 1 aliphatic rings. The van der Waals surface area contributed by atoms with Gasteiger partial charge in [-0.2, -0.15) is 0 Å². The van der Waals surface area contributed by atoms with Crippen LogP contribution >= 0.6 is 15.9 Å². The predicted molar refractivity (Wildman–Crippen MR) is 87.8 cm³/mol.